The normalized spacial score (nSPS) is 11.6. The van der Waals surface area contributed by atoms with E-state index < -0.39 is 10.0 Å². The summed E-state index contributed by atoms with van der Waals surface area (Å²) in [5.41, 5.74) is 3.84. The van der Waals surface area contributed by atoms with Gasteiger partial charge in [0.1, 0.15) is 0 Å². The Hall–Kier alpha value is -2.18. The van der Waals surface area contributed by atoms with E-state index in [1.807, 2.05) is 36.4 Å². The third kappa shape index (κ3) is 6.81. The van der Waals surface area contributed by atoms with Crippen molar-refractivity contribution in [1.82, 2.24) is 4.31 Å². The fourth-order valence-corrected chi connectivity index (χ4v) is 3.64. The molecule has 0 bridgehead atoms. The van der Waals surface area contributed by atoms with Crippen LogP contribution in [0.5, 0.6) is 0 Å². The highest BCUT2D eigenvalue weighted by Crippen LogP contribution is 2.16. The van der Waals surface area contributed by atoms with Crippen LogP contribution in [0.3, 0.4) is 0 Å². The molecule has 0 saturated heterocycles. The summed E-state index contributed by atoms with van der Waals surface area (Å²) in [7, 11) is -2.03. The lowest BCUT2D eigenvalue weighted by Gasteiger charge is -2.20. The van der Waals surface area contributed by atoms with Gasteiger partial charge in [-0.1, -0.05) is 61.9 Å². The van der Waals surface area contributed by atoms with Crippen LogP contribution in [-0.2, 0) is 45.5 Å². The molecule has 0 saturated carbocycles. The molecule has 0 heterocycles. The smallest absolute Gasteiger partial charge is 0.309 e. The Balaban J connectivity index is 2.15. The van der Waals surface area contributed by atoms with Crippen molar-refractivity contribution < 1.29 is 17.9 Å². The number of ether oxygens (including phenoxy) is 1. The van der Waals surface area contributed by atoms with Crippen molar-refractivity contribution in [2.24, 2.45) is 0 Å². The van der Waals surface area contributed by atoms with Gasteiger partial charge >= 0.3 is 5.97 Å². The predicted octanol–water partition coefficient (Wildman–Crippen LogP) is 3.32. The number of carbonyl (C=O) groups excluding carboxylic acids is 1. The van der Waals surface area contributed by atoms with Crippen molar-refractivity contribution >= 4 is 16.0 Å². The van der Waals surface area contributed by atoms with Gasteiger partial charge in [-0.3, -0.25) is 4.79 Å². The van der Waals surface area contributed by atoms with E-state index in [1.165, 1.54) is 23.2 Å². The number of aryl methyl sites for hydroxylation is 1. The summed E-state index contributed by atoms with van der Waals surface area (Å²) in [6, 6.07) is 15.4. The number of esters is 1. The number of nitrogens with zero attached hydrogens (tertiary/aromatic N) is 1. The minimum atomic E-state index is -3.38. The topological polar surface area (TPSA) is 63.7 Å². The highest BCUT2D eigenvalue weighted by atomic mass is 32.2. The van der Waals surface area contributed by atoms with Crippen LogP contribution in [0.4, 0.5) is 0 Å². The third-order valence-electron chi connectivity index (χ3n) is 4.32. The zero-order chi connectivity index (χ0) is 19.9. The first-order valence-electron chi connectivity index (χ1n) is 8.99. The van der Waals surface area contributed by atoms with Gasteiger partial charge in [0.25, 0.3) is 0 Å². The molecule has 146 valence electrons. The standard InChI is InChI=1S/C21H27NO4S/c1-4-6-17-9-11-18(12-10-17)15-22(27(3,24)25)16-20-8-5-7-19(13-20)14-21(23)26-2/h5,7-13H,4,6,14-16H2,1-3H3. The van der Waals surface area contributed by atoms with E-state index in [0.29, 0.717) is 6.54 Å². The Morgan fingerprint density at radius 3 is 2.15 bits per heavy atom. The summed E-state index contributed by atoms with van der Waals surface area (Å²) in [4.78, 5) is 11.5. The molecular weight excluding hydrogens is 362 g/mol. The maximum atomic E-state index is 12.3. The quantitative estimate of drug-likeness (QED) is 0.617. The van der Waals surface area contributed by atoms with Crippen LogP contribution in [0.15, 0.2) is 48.5 Å². The van der Waals surface area contributed by atoms with Crippen molar-refractivity contribution in [3.8, 4) is 0 Å². The molecule has 6 heteroatoms. The second-order valence-corrected chi connectivity index (χ2v) is 8.65. The molecule has 2 rings (SSSR count). The number of benzene rings is 2. The zero-order valence-corrected chi connectivity index (χ0v) is 17.0. The first-order valence-corrected chi connectivity index (χ1v) is 10.8. The number of carbonyl (C=O) groups is 1. The van der Waals surface area contributed by atoms with Gasteiger partial charge in [-0.2, -0.15) is 4.31 Å². The molecular formula is C21H27NO4S. The van der Waals surface area contributed by atoms with Crippen LogP contribution >= 0.6 is 0 Å². The van der Waals surface area contributed by atoms with Crippen LogP contribution in [0.25, 0.3) is 0 Å². The molecule has 27 heavy (non-hydrogen) atoms. The largest absolute Gasteiger partial charge is 0.469 e. The summed E-state index contributed by atoms with van der Waals surface area (Å²) >= 11 is 0. The van der Waals surface area contributed by atoms with E-state index in [9.17, 15) is 13.2 Å². The molecule has 5 nitrogen and oxygen atoms in total. The molecule has 0 aliphatic heterocycles. The van der Waals surface area contributed by atoms with Crippen LogP contribution in [0.2, 0.25) is 0 Å². The van der Waals surface area contributed by atoms with E-state index in [1.54, 1.807) is 0 Å². The maximum Gasteiger partial charge on any atom is 0.309 e. The van der Waals surface area contributed by atoms with Gasteiger partial charge in [-0.15, -0.1) is 0 Å². The number of hydrogen-bond acceptors (Lipinski definition) is 4. The summed E-state index contributed by atoms with van der Waals surface area (Å²) in [5.74, 6) is -0.320. The van der Waals surface area contributed by atoms with Gasteiger partial charge in [0.05, 0.1) is 19.8 Å². The summed E-state index contributed by atoms with van der Waals surface area (Å²) in [6.07, 6.45) is 3.48. The van der Waals surface area contributed by atoms with E-state index in [4.69, 9.17) is 4.74 Å². The van der Waals surface area contributed by atoms with E-state index in [2.05, 4.69) is 19.1 Å². The van der Waals surface area contributed by atoms with Gasteiger partial charge in [-0.25, -0.2) is 8.42 Å². The monoisotopic (exact) mass is 389 g/mol. The molecule has 0 atom stereocenters. The number of hydrogen-bond donors (Lipinski definition) is 0. The third-order valence-corrected chi connectivity index (χ3v) is 5.51. The van der Waals surface area contributed by atoms with Gasteiger partial charge < -0.3 is 4.74 Å². The van der Waals surface area contributed by atoms with Crippen LogP contribution in [0.1, 0.15) is 35.6 Å². The van der Waals surface area contributed by atoms with Crippen molar-refractivity contribution in [3.05, 3.63) is 70.8 Å². The van der Waals surface area contributed by atoms with Crippen molar-refractivity contribution in [3.63, 3.8) is 0 Å². The molecule has 0 aromatic heterocycles. The Morgan fingerprint density at radius 2 is 1.56 bits per heavy atom. The first-order chi connectivity index (χ1) is 12.8. The molecule has 0 fully saturated rings. The summed E-state index contributed by atoms with van der Waals surface area (Å²) in [6.45, 7) is 2.70. The fourth-order valence-electron chi connectivity index (χ4n) is 2.87. The van der Waals surface area contributed by atoms with E-state index in [-0.39, 0.29) is 18.9 Å². The Bertz CT molecular complexity index is 860. The van der Waals surface area contributed by atoms with Crippen LogP contribution in [0, 0.1) is 0 Å². The summed E-state index contributed by atoms with van der Waals surface area (Å²) in [5, 5.41) is 0. The van der Waals surface area contributed by atoms with Gasteiger partial charge in [0.2, 0.25) is 10.0 Å². The molecule has 0 unspecified atom stereocenters. The highest BCUT2D eigenvalue weighted by molar-refractivity contribution is 7.88. The summed E-state index contributed by atoms with van der Waals surface area (Å²) < 4.78 is 30.7. The predicted molar refractivity (Wildman–Crippen MR) is 107 cm³/mol. The maximum absolute atomic E-state index is 12.3. The molecule has 0 radical (unpaired) electrons. The molecule has 0 N–H and O–H groups in total. The SMILES string of the molecule is CCCc1ccc(CN(Cc2cccc(CC(=O)OC)c2)S(C)(=O)=O)cc1. The van der Waals surface area contributed by atoms with Crippen molar-refractivity contribution in [1.29, 1.82) is 0 Å². The van der Waals surface area contributed by atoms with Crippen molar-refractivity contribution in [2.45, 2.75) is 39.3 Å². The van der Waals surface area contributed by atoms with Crippen LogP contribution in [-0.4, -0.2) is 32.1 Å². The van der Waals surface area contributed by atoms with E-state index >= 15 is 0 Å². The molecule has 0 aliphatic rings. The van der Waals surface area contributed by atoms with Gasteiger partial charge in [0.15, 0.2) is 0 Å². The lowest BCUT2D eigenvalue weighted by atomic mass is 10.1. The highest BCUT2D eigenvalue weighted by Gasteiger charge is 2.18. The van der Waals surface area contributed by atoms with Crippen molar-refractivity contribution in [2.75, 3.05) is 13.4 Å². The lowest BCUT2D eigenvalue weighted by Crippen LogP contribution is -2.29. The fraction of sp³-hybridized carbons (Fsp3) is 0.381. The molecule has 0 amide bonds. The van der Waals surface area contributed by atoms with Gasteiger partial charge in [0, 0.05) is 13.1 Å². The minimum absolute atomic E-state index is 0.169. The Kier molecular flexibility index (Phi) is 7.56. The second kappa shape index (κ2) is 9.67. The molecule has 0 aliphatic carbocycles. The number of sulfonamides is 1. The van der Waals surface area contributed by atoms with Crippen LogP contribution < -0.4 is 0 Å². The lowest BCUT2D eigenvalue weighted by molar-refractivity contribution is -0.139. The molecule has 2 aromatic carbocycles. The average Bonchev–Trinajstić information content (AvgIpc) is 2.62. The zero-order valence-electron chi connectivity index (χ0n) is 16.1. The Labute approximate surface area is 162 Å². The first kappa shape index (κ1) is 21.1. The van der Waals surface area contributed by atoms with E-state index in [0.717, 1.165) is 29.5 Å². The Morgan fingerprint density at radius 1 is 0.963 bits per heavy atom. The molecule has 0 spiro atoms. The van der Waals surface area contributed by atoms with Gasteiger partial charge in [-0.05, 0) is 28.7 Å². The minimum Gasteiger partial charge on any atom is -0.469 e. The molecule has 2 aromatic rings. The average molecular weight is 390 g/mol. The second-order valence-electron chi connectivity index (χ2n) is 6.67. The number of methoxy groups -OCH3 is 1. The number of rotatable bonds is 9.